The molecule has 0 aromatic carbocycles. The molecule has 4 heteroatoms. The molecule has 0 radical (unpaired) electrons. The average molecular weight is 217 g/mol. The van der Waals surface area contributed by atoms with Gasteiger partial charge in [-0.1, -0.05) is 29.3 Å². The molecule has 0 amide bonds. The van der Waals surface area contributed by atoms with Crippen molar-refractivity contribution in [2.45, 2.75) is 12.5 Å². The van der Waals surface area contributed by atoms with Crippen LogP contribution >= 0.6 is 23.2 Å². The van der Waals surface area contributed by atoms with E-state index in [1.165, 1.54) is 12.4 Å². The first-order valence-electron chi connectivity index (χ1n) is 3.82. The van der Waals surface area contributed by atoms with E-state index in [9.17, 15) is 0 Å². The lowest BCUT2D eigenvalue weighted by Crippen LogP contribution is -2.10. The number of halogens is 2. The molecule has 0 fully saturated rings. The summed E-state index contributed by atoms with van der Waals surface area (Å²) in [5.41, 5.74) is 6.57. The third-order valence-corrected chi connectivity index (χ3v) is 2.28. The fraction of sp³-hybridized carbons (Fsp3) is 0.222. The first-order valence-corrected chi connectivity index (χ1v) is 4.57. The van der Waals surface area contributed by atoms with Gasteiger partial charge in [0.2, 0.25) is 0 Å². The number of hydrogen-bond acceptors (Lipinski definition) is 2. The smallest absolute Gasteiger partial charge is 0.0652 e. The van der Waals surface area contributed by atoms with Gasteiger partial charge in [-0.2, -0.15) is 0 Å². The van der Waals surface area contributed by atoms with Crippen LogP contribution in [0.25, 0.3) is 0 Å². The van der Waals surface area contributed by atoms with Crippen molar-refractivity contribution in [3.05, 3.63) is 40.7 Å². The molecule has 0 bridgehead atoms. The number of nitrogens with zero attached hydrogens (tertiary/aromatic N) is 1. The molecule has 0 aliphatic carbocycles. The highest BCUT2D eigenvalue weighted by molar-refractivity contribution is 6.35. The van der Waals surface area contributed by atoms with Gasteiger partial charge in [-0.25, -0.2) is 0 Å². The van der Waals surface area contributed by atoms with Gasteiger partial charge in [0, 0.05) is 24.0 Å². The van der Waals surface area contributed by atoms with E-state index in [4.69, 9.17) is 28.9 Å². The van der Waals surface area contributed by atoms with Gasteiger partial charge >= 0.3 is 0 Å². The molecule has 1 aromatic rings. The fourth-order valence-corrected chi connectivity index (χ4v) is 1.72. The van der Waals surface area contributed by atoms with Crippen molar-refractivity contribution < 1.29 is 0 Å². The lowest BCUT2D eigenvalue weighted by Gasteiger charge is -2.12. The van der Waals surface area contributed by atoms with Crippen molar-refractivity contribution in [2.75, 3.05) is 0 Å². The zero-order chi connectivity index (χ0) is 9.84. The van der Waals surface area contributed by atoms with Crippen molar-refractivity contribution in [2.24, 2.45) is 5.73 Å². The molecule has 0 unspecified atom stereocenters. The fourth-order valence-electron chi connectivity index (χ4n) is 1.07. The maximum Gasteiger partial charge on any atom is 0.0652 e. The minimum Gasteiger partial charge on any atom is -0.324 e. The summed E-state index contributed by atoms with van der Waals surface area (Å²) in [7, 11) is 0. The van der Waals surface area contributed by atoms with Gasteiger partial charge in [-0.05, 0) is 6.42 Å². The van der Waals surface area contributed by atoms with E-state index < -0.39 is 0 Å². The van der Waals surface area contributed by atoms with Gasteiger partial charge < -0.3 is 5.73 Å². The Balaban J connectivity index is 3.04. The molecule has 13 heavy (non-hydrogen) atoms. The maximum absolute atomic E-state index is 5.90. The van der Waals surface area contributed by atoms with Crippen LogP contribution in [0.2, 0.25) is 10.0 Å². The number of rotatable bonds is 3. The number of aromatic nitrogens is 1. The van der Waals surface area contributed by atoms with E-state index >= 15 is 0 Å². The molecule has 2 N–H and O–H groups in total. The summed E-state index contributed by atoms with van der Waals surface area (Å²) >= 11 is 11.8. The number of nitrogens with two attached hydrogens (primary N) is 1. The summed E-state index contributed by atoms with van der Waals surface area (Å²) in [5.74, 6) is 0. The summed E-state index contributed by atoms with van der Waals surface area (Å²) in [5, 5.41) is 1.00. The van der Waals surface area contributed by atoms with Gasteiger partial charge in [0.1, 0.15) is 0 Å². The molecular formula is C9H10Cl2N2. The van der Waals surface area contributed by atoms with Crippen molar-refractivity contribution in [1.82, 2.24) is 4.98 Å². The van der Waals surface area contributed by atoms with E-state index in [-0.39, 0.29) is 6.04 Å². The third kappa shape index (κ3) is 2.44. The average Bonchev–Trinajstić information content (AvgIpc) is 2.04. The third-order valence-electron chi connectivity index (χ3n) is 1.68. The lowest BCUT2D eigenvalue weighted by atomic mass is 10.1. The Kier molecular flexibility index (Phi) is 3.72. The van der Waals surface area contributed by atoms with E-state index in [0.717, 1.165) is 5.56 Å². The molecule has 1 heterocycles. The zero-order valence-electron chi connectivity index (χ0n) is 7.00. The topological polar surface area (TPSA) is 38.9 Å². The highest BCUT2D eigenvalue weighted by Crippen LogP contribution is 2.29. The second-order valence-corrected chi connectivity index (χ2v) is 3.46. The molecule has 1 rings (SSSR count). The standard InChI is InChI=1S/C9H10Cl2N2/c1-2-3-8(12)9-6(10)4-13-5-7(9)11/h2,4-5,8H,1,3,12H2/t8-/m0/s1. The van der Waals surface area contributed by atoms with E-state index in [1.807, 2.05) is 0 Å². The molecule has 0 spiro atoms. The molecule has 2 nitrogen and oxygen atoms in total. The predicted octanol–water partition coefficient (Wildman–Crippen LogP) is 2.96. The van der Waals surface area contributed by atoms with Gasteiger partial charge in [-0.15, -0.1) is 6.58 Å². The summed E-state index contributed by atoms with van der Waals surface area (Å²) in [4.78, 5) is 3.84. The van der Waals surface area contributed by atoms with Crippen molar-refractivity contribution in [3.63, 3.8) is 0 Å². The van der Waals surface area contributed by atoms with Crippen LogP contribution in [0.4, 0.5) is 0 Å². The van der Waals surface area contributed by atoms with Gasteiger partial charge in [0.15, 0.2) is 0 Å². The number of hydrogen-bond donors (Lipinski definition) is 1. The molecule has 1 atom stereocenters. The highest BCUT2D eigenvalue weighted by Gasteiger charge is 2.12. The van der Waals surface area contributed by atoms with Gasteiger partial charge in [-0.3, -0.25) is 4.98 Å². The van der Waals surface area contributed by atoms with Crippen molar-refractivity contribution >= 4 is 23.2 Å². The second kappa shape index (κ2) is 4.61. The highest BCUT2D eigenvalue weighted by atomic mass is 35.5. The number of pyridine rings is 1. The molecule has 1 aromatic heterocycles. The van der Waals surface area contributed by atoms with Gasteiger partial charge in [0.25, 0.3) is 0 Å². The van der Waals surface area contributed by atoms with Crippen molar-refractivity contribution in [3.8, 4) is 0 Å². The molecule has 70 valence electrons. The lowest BCUT2D eigenvalue weighted by molar-refractivity contribution is 0.740. The van der Waals surface area contributed by atoms with Crippen LogP contribution in [0.15, 0.2) is 25.0 Å². The van der Waals surface area contributed by atoms with Gasteiger partial charge in [0.05, 0.1) is 10.0 Å². The maximum atomic E-state index is 5.90. The Hall–Kier alpha value is -0.570. The molecule has 0 aliphatic heterocycles. The predicted molar refractivity (Wildman–Crippen MR) is 56.0 cm³/mol. The molecule has 0 aliphatic rings. The summed E-state index contributed by atoms with van der Waals surface area (Å²) in [6.07, 6.45) is 5.44. The zero-order valence-corrected chi connectivity index (χ0v) is 8.52. The Bertz CT molecular complexity index is 292. The monoisotopic (exact) mass is 216 g/mol. The van der Waals surface area contributed by atoms with Crippen molar-refractivity contribution in [1.29, 1.82) is 0 Å². The Morgan fingerprint density at radius 1 is 1.46 bits per heavy atom. The van der Waals surface area contributed by atoms with Crippen LogP contribution in [0.1, 0.15) is 18.0 Å². The first-order chi connectivity index (χ1) is 6.16. The molecule has 0 saturated heterocycles. The van der Waals surface area contributed by atoms with Crippen LogP contribution in [0, 0.1) is 0 Å². The Labute approximate surface area is 87.4 Å². The summed E-state index contributed by atoms with van der Waals surface area (Å²) < 4.78 is 0. The van der Waals surface area contributed by atoms with Crippen LogP contribution < -0.4 is 5.73 Å². The largest absolute Gasteiger partial charge is 0.324 e. The Morgan fingerprint density at radius 3 is 2.46 bits per heavy atom. The molecule has 0 saturated carbocycles. The minimum absolute atomic E-state index is 0.208. The SMILES string of the molecule is C=CC[C@H](N)c1c(Cl)cncc1Cl. The Morgan fingerprint density at radius 2 is 2.00 bits per heavy atom. The first kappa shape index (κ1) is 10.5. The normalized spacial score (nSPS) is 12.5. The van der Waals surface area contributed by atoms with E-state index in [2.05, 4.69) is 11.6 Å². The molecular weight excluding hydrogens is 207 g/mol. The summed E-state index contributed by atoms with van der Waals surface area (Å²) in [6, 6.07) is -0.208. The van der Waals surface area contributed by atoms with E-state index in [1.54, 1.807) is 6.08 Å². The van der Waals surface area contributed by atoms with Crippen LogP contribution in [0.5, 0.6) is 0 Å². The van der Waals surface area contributed by atoms with Crippen LogP contribution in [0.3, 0.4) is 0 Å². The van der Waals surface area contributed by atoms with Crippen LogP contribution in [-0.2, 0) is 0 Å². The van der Waals surface area contributed by atoms with Crippen LogP contribution in [-0.4, -0.2) is 4.98 Å². The summed E-state index contributed by atoms with van der Waals surface area (Å²) in [6.45, 7) is 3.60. The quantitative estimate of drug-likeness (QED) is 0.790. The minimum atomic E-state index is -0.208. The van der Waals surface area contributed by atoms with E-state index in [0.29, 0.717) is 16.5 Å². The second-order valence-electron chi connectivity index (χ2n) is 2.65.